The van der Waals surface area contributed by atoms with Gasteiger partial charge in [-0.1, -0.05) is 34.1 Å². The summed E-state index contributed by atoms with van der Waals surface area (Å²) in [5, 5.41) is 17.4. The Morgan fingerprint density at radius 2 is 1.52 bits per heavy atom. The molecule has 0 saturated carbocycles. The summed E-state index contributed by atoms with van der Waals surface area (Å²) in [5.74, 6) is -2.50. The number of thioether (sulfide) groups is 1. The predicted molar refractivity (Wildman–Crippen MR) is 132 cm³/mol. The van der Waals surface area contributed by atoms with Gasteiger partial charge in [-0.05, 0) is 56.1 Å². The maximum atomic E-state index is 13.1. The third kappa shape index (κ3) is 11.7. The van der Waals surface area contributed by atoms with Crippen LogP contribution in [0.3, 0.4) is 0 Å². The van der Waals surface area contributed by atoms with Gasteiger partial charge in [0.2, 0.25) is 17.7 Å². The average Bonchev–Trinajstić information content (AvgIpc) is 2.77. The zero-order valence-electron chi connectivity index (χ0n) is 20.6. The van der Waals surface area contributed by atoms with Gasteiger partial charge in [-0.2, -0.15) is 11.8 Å². The topological polar surface area (TPSA) is 177 Å². The van der Waals surface area contributed by atoms with E-state index < -0.39 is 47.9 Å². The quantitative estimate of drug-likeness (QED) is 0.159. The fourth-order valence-electron chi connectivity index (χ4n) is 3.13. The van der Waals surface area contributed by atoms with E-state index in [2.05, 4.69) is 16.0 Å². The maximum Gasteiger partial charge on any atom is 0.326 e. The van der Waals surface area contributed by atoms with Crippen LogP contribution in [-0.4, -0.2) is 71.5 Å². The number of hydrogen-bond acceptors (Lipinski definition) is 7. The second-order valence-electron chi connectivity index (χ2n) is 8.67. The fourth-order valence-corrected chi connectivity index (χ4v) is 3.62. The fraction of sp³-hybridized carbons (Fsp3) is 0.818. The lowest BCUT2D eigenvalue weighted by Crippen LogP contribution is -2.59. The molecule has 0 aromatic heterocycles. The molecular formula is C22H43N5O5S. The Labute approximate surface area is 201 Å². The number of amides is 3. The Kier molecular flexibility index (Phi) is 15.8. The first kappa shape index (κ1) is 31.1. The van der Waals surface area contributed by atoms with Gasteiger partial charge in [-0.3, -0.25) is 14.4 Å². The minimum absolute atomic E-state index is 0.250. The Bertz CT molecular complexity index is 634. The monoisotopic (exact) mass is 489 g/mol. The lowest BCUT2D eigenvalue weighted by molar-refractivity contribution is -0.144. The van der Waals surface area contributed by atoms with Crippen molar-refractivity contribution in [2.75, 3.05) is 18.6 Å². The van der Waals surface area contributed by atoms with Crippen molar-refractivity contribution in [1.29, 1.82) is 0 Å². The number of carbonyl (C=O) groups is 4. The molecule has 0 aliphatic rings. The number of carboxylic acids is 1. The van der Waals surface area contributed by atoms with Crippen molar-refractivity contribution in [2.24, 2.45) is 23.3 Å². The highest BCUT2D eigenvalue weighted by atomic mass is 32.2. The Morgan fingerprint density at radius 1 is 0.909 bits per heavy atom. The molecule has 0 rings (SSSR count). The molecule has 0 radical (unpaired) electrons. The molecule has 0 fully saturated rings. The van der Waals surface area contributed by atoms with Crippen LogP contribution in [0.1, 0.15) is 59.8 Å². The van der Waals surface area contributed by atoms with E-state index in [0.29, 0.717) is 38.6 Å². The SMILES string of the molecule is CCC(C)C(NC(=O)C(CCCCN)NC(=O)C(N)CCSC)C(=O)NC(C(=O)O)C(C)C. The zero-order chi connectivity index (χ0) is 25.6. The minimum atomic E-state index is -1.14. The molecule has 3 amide bonds. The molecule has 10 nitrogen and oxygen atoms in total. The van der Waals surface area contributed by atoms with Crippen LogP contribution in [-0.2, 0) is 19.2 Å². The summed E-state index contributed by atoms with van der Waals surface area (Å²) in [5.41, 5.74) is 11.5. The van der Waals surface area contributed by atoms with Crippen molar-refractivity contribution in [3.05, 3.63) is 0 Å². The van der Waals surface area contributed by atoms with Gasteiger partial charge in [0.1, 0.15) is 18.1 Å². The number of hydrogen-bond donors (Lipinski definition) is 6. The van der Waals surface area contributed by atoms with E-state index in [4.69, 9.17) is 11.5 Å². The number of nitrogens with two attached hydrogens (primary N) is 2. The first-order valence-electron chi connectivity index (χ1n) is 11.6. The van der Waals surface area contributed by atoms with Crippen LogP contribution in [0.25, 0.3) is 0 Å². The van der Waals surface area contributed by atoms with Gasteiger partial charge in [0.15, 0.2) is 0 Å². The van der Waals surface area contributed by atoms with E-state index in [-0.39, 0.29) is 11.8 Å². The molecule has 11 heteroatoms. The Balaban J connectivity index is 5.50. The van der Waals surface area contributed by atoms with Crippen molar-refractivity contribution < 1.29 is 24.3 Å². The van der Waals surface area contributed by atoms with Crippen LogP contribution in [0.2, 0.25) is 0 Å². The summed E-state index contributed by atoms with van der Waals surface area (Å²) in [6, 6.07) is -3.62. The molecule has 5 unspecified atom stereocenters. The summed E-state index contributed by atoms with van der Waals surface area (Å²) in [6.45, 7) is 7.52. The van der Waals surface area contributed by atoms with Gasteiger partial charge >= 0.3 is 5.97 Å². The highest BCUT2D eigenvalue weighted by Gasteiger charge is 2.33. The van der Waals surface area contributed by atoms with E-state index in [1.165, 1.54) is 0 Å². The minimum Gasteiger partial charge on any atom is -0.480 e. The van der Waals surface area contributed by atoms with E-state index in [0.717, 1.165) is 5.75 Å². The van der Waals surface area contributed by atoms with Gasteiger partial charge in [0.25, 0.3) is 0 Å². The van der Waals surface area contributed by atoms with E-state index in [1.54, 1.807) is 32.5 Å². The summed E-state index contributed by atoms with van der Waals surface area (Å²) in [6.07, 6.45) is 4.63. The zero-order valence-corrected chi connectivity index (χ0v) is 21.4. The summed E-state index contributed by atoms with van der Waals surface area (Å²) in [7, 11) is 0. The molecule has 0 aliphatic heterocycles. The van der Waals surface area contributed by atoms with Crippen LogP contribution in [0, 0.1) is 11.8 Å². The maximum absolute atomic E-state index is 13.1. The van der Waals surface area contributed by atoms with E-state index >= 15 is 0 Å². The molecule has 0 aromatic carbocycles. The van der Waals surface area contributed by atoms with E-state index in [1.807, 2.05) is 13.2 Å². The van der Waals surface area contributed by atoms with Crippen LogP contribution < -0.4 is 27.4 Å². The van der Waals surface area contributed by atoms with Gasteiger partial charge in [-0.15, -0.1) is 0 Å². The van der Waals surface area contributed by atoms with Crippen molar-refractivity contribution in [2.45, 2.75) is 84.0 Å². The number of rotatable bonds is 17. The molecule has 0 spiro atoms. The predicted octanol–water partition coefficient (Wildman–Crippen LogP) is 0.437. The smallest absolute Gasteiger partial charge is 0.326 e. The number of nitrogens with one attached hydrogen (secondary N) is 3. The third-order valence-electron chi connectivity index (χ3n) is 5.57. The highest BCUT2D eigenvalue weighted by molar-refractivity contribution is 7.98. The van der Waals surface area contributed by atoms with Crippen LogP contribution in [0.5, 0.6) is 0 Å². The van der Waals surface area contributed by atoms with Crippen molar-refractivity contribution in [1.82, 2.24) is 16.0 Å². The first-order valence-corrected chi connectivity index (χ1v) is 13.0. The van der Waals surface area contributed by atoms with Gasteiger partial charge in [0, 0.05) is 0 Å². The molecule has 0 aliphatic carbocycles. The van der Waals surface area contributed by atoms with Crippen molar-refractivity contribution in [3.8, 4) is 0 Å². The lowest BCUT2D eigenvalue weighted by atomic mass is 9.96. The van der Waals surface area contributed by atoms with Crippen molar-refractivity contribution >= 4 is 35.5 Å². The normalized spacial score (nSPS) is 15.8. The molecule has 0 saturated heterocycles. The Morgan fingerprint density at radius 3 is 2.00 bits per heavy atom. The number of unbranched alkanes of at least 4 members (excludes halogenated alkanes) is 1. The molecule has 5 atom stereocenters. The molecule has 33 heavy (non-hydrogen) atoms. The summed E-state index contributed by atoms with van der Waals surface area (Å²) < 4.78 is 0. The first-order chi connectivity index (χ1) is 15.5. The second-order valence-corrected chi connectivity index (χ2v) is 9.66. The average molecular weight is 490 g/mol. The molecule has 192 valence electrons. The lowest BCUT2D eigenvalue weighted by Gasteiger charge is -2.29. The molecule has 0 heterocycles. The highest BCUT2D eigenvalue weighted by Crippen LogP contribution is 2.12. The largest absolute Gasteiger partial charge is 0.480 e. The molecular weight excluding hydrogens is 446 g/mol. The van der Waals surface area contributed by atoms with E-state index in [9.17, 15) is 24.3 Å². The molecule has 8 N–H and O–H groups in total. The Hall–Kier alpha value is -1.85. The number of carbonyl (C=O) groups excluding carboxylic acids is 3. The van der Waals surface area contributed by atoms with Crippen molar-refractivity contribution in [3.63, 3.8) is 0 Å². The second kappa shape index (κ2) is 16.7. The summed E-state index contributed by atoms with van der Waals surface area (Å²) in [4.78, 5) is 50.0. The standard InChI is InChI=1S/C22H43N5O5S/c1-6-14(4)18(21(30)26-17(13(2)3)22(31)32)27-20(29)16(9-7-8-11-23)25-19(28)15(24)10-12-33-5/h13-18H,6-12,23-24H2,1-5H3,(H,25,28)(H,26,30)(H,27,29)(H,31,32). The van der Waals surface area contributed by atoms with Crippen LogP contribution in [0.4, 0.5) is 0 Å². The number of carboxylic acid groups (broad SMARTS) is 1. The van der Waals surface area contributed by atoms with Crippen LogP contribution in [0.15, 0.2) is 0 Å². The van der Waals surface area contributed by atoms with Crippen LogP contribution >= 0.6 is 11.8 Å². The van der Waals surface area contributed by atoms with Gasteiger partial charge in [0.05, 0.1) is 6.04 Å². The van der Waals surface area contributed by atoms with Gasteiger partial charge in [-0.25, -0.2) is 4.79 Å². The molecule has 0 bridgehead atoms. The third-order valence-corrected chi connectivity index (χ3v) is 6.22. The van der Waals surface area contributed by atoms with Gasteiger partial charge < -0.3 is 32.5 Å². The molecule has 0 aromatic rings. The number of aliphatic carboxylic acids is 1. The summed E-state index contributed by atoms with van der Waals surface area (Å²) >= 11 is 1.58.